The first-order chi connectivity index (χ1) is 8.17. The highest BCUT2D eigenvalue weighted by atomic mass is 35.5. The molecule has 0 bridgehead atoms. The maximum absolute atomic E-state index is 11.2. The second-order valence-corrected chi connectivity index (χ2v) is 2.69. The van der Waals surface area contributed by atoms with Gasteiger partial charge in [0.05, 0.1) is 7.11 Å². The molecule has 0 radical (unpaired) electrons. The molecule has 6 heteroatoms. The second kappa shape index (κ2) is 11.2. The van der Waals surface area contributed by atoms with E-state index in [9.17, 15) is 4.79 Å². The molecule has 1 amide bonds. The molecule has 0 saturated carbocycles. The molecule has 1 rings (SSSR count). The van der Waals surface area contributed by atoms with Crippen LogP contribution in [0, 0.1) is 0 Å². The molecule has 0 fully saturated rings. The van der Waals surface area contributed by atoms with E-state index in [1.54, 1.807) is 7.05 Å². The van der Waals surface area contributed by atoms with Gasteiger partial charge in [0.1, 0.15) is 5.15 Å². The van der Waals surface area contributed by atoms with Crippen LogP contribution >= 0.6 is 11.6 Å². The van der Waals surface area contributed by atoms with Crippen molar-refractivity contribution in [2.45, 2.75) is 13.8 Å². The number of nitrogens with zero attached hydrogens (tertiary/aromatic N) is 1. The number of aliphatic hydroxyl groups is 1. The van der Waals surface area contributed by atoms with Crippen LogP contribution in [0.3, 0.4) is 0 Å². The maximum atomic E-state index is 11.2. The van der Waals surface area contributed by atoms with Crippen LogP contribution in [0.1, 0.15) is 24.2 Å². The molecule has 0 aliphatic rings. The normalized spacial score (nSPS) is 7.94. The minimum Gasteiger partial charge on any atom is -0.481 e. The SMILES string of the molecule is CC.CNC(=O)c1cc(Cl)nc(OC)c1.CO. The number of halogens is 1. The Morgan fingerprint density at radius 3 is 2.35 bits per heavy atom. The van der Waals surface area contributed by atoms with E-state index < -0.39 is 0 Å². The molecule has 1 aromatic heterocycles. The number of amides is 1. The first-order valence-corrected chi connectivity index (χ1v) is 5.43. The van der Waals surface area contributed by atoms with E-state index in [-0.39, 0.29) is 11.1 Å². The lowest BCUT2D eigenvalue weighted by Crippen LogP contribution is -2.17. The molecule has 0 saturated heterocycles. The van der Waals surface area contributed by atoms with Crippen LogP contribution in [0.2, 0.25) is 5.15 Å². The van der Waals surface area contributed by atoms with Gasteiger partial charge >= 0.3 is 0 Å². The van der Waals surface area contributed by atoms with Crippen molar-refractivity contribution in [3.8, 4) is 5.88 Å². The van der Waals surface area contributed by atoms with Gasteiger partial charge < -0.3 is 15.2 Å². The van der Waals surface area contributed by atoms with E-state index in [0.717, 1.165) is 7.11 Å². The van der Waals surface area contributed by atoms with Crippen molar-refractivity contribution in [3.05, 3.63) is 22.8 Å². The summed E-state index contributed by atoms with van der Waals surface area (Å²) in [7, 11) is 4.01. The quantitative estimate of drug-likeness (QED) is 0.797. The largest absolute Gasteiger partial charge is 0.481 e. The standard InChI is InChI=1S/C8H9ClN2O2.C2H6.CH4O/c1-10-8(12)5-3-6(9)11-7(4-5)13-2;2*1-2/h3-4H,1-2H3,(H,10,12);1-2H3;2H,1H3. The molecule has 0 unspecified atom stereocenters. The Morgan fingerprint density at radius 2 is 1.94 bits per heavy atom. The topological polar surface area (TPSA) is 71.5 Å². The van der Waals surface area contributed by atoms with Crippen LogP contribution in [0.25, 0.3) is 0 Å². The fraction of sp³-hybridized carbons (Fsp3) is 0.455. The number of nitrogens with one attached hydrogen (secondary N) is 1. The number of carbonyl (C=O) groups is 1. The van der Waals surface area contributed by atoms with Crippen LogP contribution < -0.4 is 10.1 Å². The summed E-state index contributed by atoms with van der Waals surface area (Å²) >= 11 is 5.66. The lowest BCUT2D eigenvalue weighted by atomic mass is 10.2. The summed E-state index contributed by atoms with van der Waals surface area (Å²) in [6.07, 6.45) is 0. The van der Waals surface area contributed by atoms with Gasteiger partial charge in [-0.2, -0.15) is 0 Å². The van der Waals surface area contributed by atoms with Crippen LogP contribution in [0.4, 0.5) is 0 Å². The molecule has 0 atom stereocenters. The number of aliphatic hydroxyl groups excluding tert-OH is 1. The fourth-order valence-electron chi connectivity index (χ4n) is 0.853. The van der Waals surface area contributed by atoms with Gasteiger partial charge in [0, 0.05) is 25.8 Å². The average Bonchev–Trinajstić information content (AvgIpc) is 2.41. The summed E-state index contributed by atoms with van der Waals surface area (Å²) in [6, 6.07) is 2.99. The Hall–Kier alpha value is -1.33. The highest BCUT2D eigenvalue weighted by Crippen LogP contribution is 2.15. The van der Waals surface area contributed by atoms with Crippen LogP contribution in [-0.2, 0) is 0 Å². The Bertz CT molecular complexity index is 332. The number of carbonyl (C=O) groups excluding carboxylic acids is 1. The Balaban J connectivity index is 0. The van der Waals surface area contributed by atoms with E-state index in [1.807, 2.05) is 13.8 Å². The zero-order valence-electron chi connectivity index (χ0n) is 10.7. The summed E-state index contributed by atoms with van der Waals surface area (Å²) in [5, 5.41) is 9.71. The predicted octanol–water partition coefficient (Wildman–Crippen LogP) is 1.74. The third-order valence-corrected chi connectivity index (χ3v) is 1.66. The Kier molecular flexibility index (Phi) is 11.9. The number of methoxy groups -OCH3 is 1. The number of rotatable bonds is 2. The summed E-state index contributed by atoms with van der Waals surface area (Å²) in [4.78, 5) is 15.0. The lowest BCUT2D eigenvalue weighted by molar-refractivity contribution is 0.0962. The van der Waals surface area contributed by atoms with Gasteiger partial charge in [0.15, 0.2) is 0 Å². The van der Waals surface area contributed by atoms with E-state index in [1.165, 1.54) is 19.2 Å². The zero-order chi connectivity index (χ0) is 13.8. The van der Waals surface area contributed by atoms with Crippen LogP contribution in [0.5, 0.6) is 5.88 Å². The first kappa shape index (κ1) is 18.0. The lowest BCUT2D eigenvalue weighted by Gasteiger charge is -2.03. The van der Waals surface area contributed by atoms with Crippen LogP contribution in [0.15, 0.2) is 12.1 Å². The second-order valence-electron chi connectivity index (χ2n) is 2.30. The highest BCUT2D eigenvalue weighted by Gasteiger charge is 2.07. The maximum Gasteiger partial charge on any atom is 0.251 e. The van der Waals surface area contributed by atoms with Gasteiger partial charge in [-0.3, -0.25) is 4.79 Å². The molecule has 1 aromatic rings. The fourth-order valence-corrected chi connectivity index (χ4v) is 1.05. The van der Waals surface area contributed by atoms with Crippen molar-refractivity contribution < 1.29 is 14.6 Å². The van der Waals surface area contributed by atoms with Gasteiger partial charge in [-0.05, 0) is 6.07 Å². The minimum absolute atomic E-state index is 0.220. The summed E-state index contributed by atoms with van der Waals surface area (Å²) in [5.74, 6) is 0.105. The van der Waals surface area contributed by atoms with Crippen molar-refractivity contribution in [3.63, 3.8) is 0 Å². The number of hydrogen-bond donors (Lipinski definition) is 2. The monoisotopic (exact) mass is 262 g/mol. The zero-order valence-corrected chi connectivity index (χ0v) is 11.5. The van der Waals surface area contributed by atoms with E-state index in [4.69, 9.17) is 21.4 Å². The molecule has 0 aromatic carbocycles. The molecule has 5 nitrogen and oxygen atoms in total. The van der Waals surface area contributed by atoms with E-state index in [2.05, 4.69) is 10.3 Å². The molecule has 2 N–H and O–H groups in total. The molecule has 0 aliphatic heterocycles. The van der Waals surface area contributed by atoms with Gasteiger partial charge in [-0.1, -0.05) is 25.4 Å². The predicted molar refractivity (Wildman–Crippen MR) is 68.7 cm³/mol. The van der Waals surface area contributed by atoms with Gasteiger partial charge in [-0.15, -0.1) is 0 Å². The van der Waals surface area contributed by atoms with Crippen LogP contribution in [-0.4, -0.2) is 37.3 Å². The molecule has 0 aliphatic carbocycles. The van der Waals surface area contributed by atoms with Crippen molar-refractivity contribution in [2.24, 2.45) is 0 Å². The molecule has 98 valence electrons. The number of hydrogen-bond acceptors (Lipinski definition) is 4. The van der Waals surface area contributed by atoms with E-state index >= 15 is 0 Å². The molecule has 0 spiro atoms. The molecule has 17 heavy (non-hydrogen) atoms. The van der Waals surface area contributed by atoms with Gasteiger partial charge in [0.25, 0.3) is 5.91 Å². The minimum atomic E-state index is -0.220. The average molecular weight is 263 g/mol. The highest BCUT2D eigenvalue weighted by molar-refractivity contribution is 6.29. The Morgan fingerprint density at radius 1 is 1.41 bits per heavy atom. The molecular formula is C11H19ClN2O3. The third kappa shape index (κ3) is 6.76. The third-order valence-electron chi connectivity index (χ3n) is 1.47. The van der Waals surface area contributed by atoms with Crippen molar-refractivity contribution in [1.29, 1.82) is 0 Å². The number of aromatic nitrogens is 1. The first-order valence-electron chi connectivity index (χ1n) is 5.05. The summed E-state index contributed by atoms with van der Waals surface area (Å²) in [5.41, 5.74) is 0.430. The summed E-state index contributed by atoms with van der Waals surface area (Å²) in [6.45, 7) is 4.00. The van der Waals surface area contributed by atoms with Crippen molar-refractivity contribution in [2.75, 3.05) is 21.3 Å². The number of pyridine rings is 1. The Labute approximate surface area is 107 Å². The van der Waals surface area contributed by atoms with Gasteiger partial charge in [-0.25, -0.2) is 4.98 Å². The van der Waals surface area contributed by atoms with Gasteiger partial charge in [0.2, 0.25) is 5.88 Å². The smallest absolute Gasteiger partial charge is 0.251 e. The molecular weight excluding hydrogens is 244 g/mol. The number of ether oxygens (including phenoxy) is 1. The van der Waals surface area contributed by atoms with E-state index in [0.29, 0.717) is 11.4 Å². The summed E-state index contributed by atoms with van der Waals surface area (Å²) < 4.78 is 4.85. The molecule has 1 heterocycles. The van der Waals surface area contributed by atoms with Crippen molar-refractivity contribution >= 4 is 17.5 Å². The van der Waals surface area contributed by atoms with Crippen molar-refractivity contribution in [1.82, 2.24) is 10.3 Å².